The van der Waals surface area contributed by atoms with Crippen molar-refractivity contribution in [1.29, 1.82) is 0 Å². The molecule has 0 amide bonds. The second-order valence-corrected chi connectivity index (χ2v) is 15.8. The third-order valence-electron chi connectivity index (χ3n) is 12.6. The van der Waals surface area contributed by atoms with Crippen molar-refractivity contribution in [1.82, 2.24) is 15.2 Å². The number of aliphatic imine (C=N–C) groups is 2. The summed E-state index contributed by atoms with van der Waals surface area (Å²) in [4.78, 5) is 10.4. The van der Waals surface area contributed by atoms with Crippen molar-refractivity contribution in [2.75, 3.05) is 6.54 Å². The van der Waals surface area contributed by atoms with Crippen molar-refractivity contribution in [3.05, 3.63) is 245 Å². The molecule has 3 aliphatic rings. The van der Waals surface area contributed by atoms with Gasteiger partial charge in [-0.15, -0.1) is 0 Å². The van der Waals surface area contributed by atoms with Gasteiger partial charge in [0.1, 0.15) is 17.8 Å². The van der Waals surface area contributed by atoms with Crippen LogP contribution in [0.25, 0.3) is 49.5 Å². The predicted octanol–water partition coefficient (Wildman–Crippen LogP) is 11.8. The number of rotatable bonds is 6. The molecule has 5 nitrogen and oxygen atoms in total. The average Bonchev–Trinajstić information content (AvgIpc) is 3.81. The number of nitrogens with zero attached hydrogens (tertiary/aromatic N) is 3. The molecule has 1 atom stereocenters. The number of nitrogens with one attached hydrogen (secondary N) is 2. The number of allylic oxidation sites excluding steroid dienone is 2. The number of hydrogen-bond acceptors (Lipinski definition) is 4. The van der Waals surface area contributed by atoms with E-state index in [4.69, 9.17) is 9.98 Å². The summed E-state index contributed by atoms with van der Waals surface area (Å²) in [6, 6.07) is 70.1. The van der Waals surface area contributed by atoms with Crippen molar-refractivity contribution >= 4 is 50.1 Å². The van der Waals surface area contributed by atoms with Gasteiger partial charge >= 0.3 is 0 Å². The van der Waals surface area contributed by atoms with Crippen LogP contribution in [-0.2, 0) is 5.41 Å². The topological polar surface area (TPSA) is 53.7 Å². The van der Waals surface area contributed by atoms with Gasteiger partial charge in [-0.3, -0.25) is 4.57 Å². The quantitative estimate of drug-likeness (QED) is 0.177. The van der Waals surface area contributed by atoms with E-state index >= 15 is 0 Å². The van der Waals surface area contributed by atoms with Crippen LogP contribution in [0.1, 0.15) is 39.5 Å². The third-order valence-corrected chi connectivity index (χ3v) is 12.6. The minimum absolute atomic E-state index is 0.274. The first-order valence-electron chi connectivity index (χ1n) is 20.7. The van der Waals surface area contributed by atoms with E-state index in [1.807, 2.05) is 6.07 Å². The zero-order valence-corrected chi connectivity index (χ0v) is 32.8. The zero-order chi connectivity index (χ0) is 39.6. The first kappa shape index (κ1) is 34.3. The molecule has 60 heavy (non-hydrogen) atoms. The van der Waals surface area contributed by atoms with Crippen LogP contribution >= 0.6 is 0 Å². The molecule has 0 saturated carbocycles. The molecule has 1 aliphatic carbocycles. The summed E-state index contributed by atoms with van der Waals surface area (Å²) >= 11 is 0. The average molecular weight is 770 g/mol. The molecule has 2 aliphatic heterocycles. The highest BCUT2D eigenvalue weighted by Gasteiger charge is 2.46. The van der Waals surface area contributed by atoms with E-state index in [0.29, 0.717) is 6.54 Å². The van der Waals surface area contributed by atoms with Gasteiger partial charge in [-0.05, 0) is 86.1 Å². The zero-order valence-electron chi connectivity index (χ0n) is 32.8. The summed E-state index contributed by atoms with van der Waals surface area (Å²) < 4.78 is 2.41. The van der Waals surface area contributed by atoms with Crippen LogP contribution in [0.3, 0.4) is 0 Å². The summed E-state index contributed by atoms with van der Waals surface area (Å²) in [5.41, 5.74) is 12.6. The monoisotopic (exact) mass is 769 g/mol. The lowest BCUT2D eigenvalue weighted by Gasteiger charge is -2.34. The van der Waals surface area contributed by atoms with Crippen LogP contribution in [0.4, 0.5) is 0 Å². The first-order chi connectivity index (χ1) is 29.7. The normalized spacial score (nSPS) is 16.6. The third kappa shape index (κ3) is 5.26. The summed E-state index contributed by atoms with van der Waals surface area (Å²) in [6.45, 7) is 0.572. The highest BCUT2D eigenvalue weighted by molar-refractivity contribution is 6.15. The lowest BCUT2D eigenvalue weighted by atomic mass is 9.67. The number of fused-ring (bicyclic) bond motifs is 7. The van der Waals surface area contributed by atoms with Crippen LogP contribution in [0.15, 0.2) is 222 Å². The fourth-order valence-electron chi connectivity index (χ4n) is 9.84. The van der Waals surface area contributed by atoms with E-state index in [1.54, 1.807) is 0 Å². The minimum Gasteiger partial charge on any atom is -0.367 e. The summed E-state index contributed by atoms with van der Waals surface area (Å²) in [6.07, 6.45) is 4.12. The van der Waals surface area contributed by atoms with Gasteiger partial charge in [0.05, 0.1) is 16.4 Å². The van der Waals surface area contributed by atoms with Crippen molar-refractivity contribution in [3.8, 4) is 11.1 Å². The summed E-state index contributed by atoms with van der Waals surface area (Å²) in [5, 5.41) is 12.3. The standard InChI is InChI=1S/C55H39N5/c1-4-17-37(18-5-1)52-57-53(39-29-28-36-16-10-11-19-38(36)32-39)59-54(58-52)40-30-31-51(56-35-40)60-49-27-15-13-25-44(49)46-33-45-43-24-12-14-26-47(43)55(48(45)34-50(46)60,41-20-6-2-7-21-41)42-22-8-3-9-23-42/h1-34,52,56H,35H2,(H,57,58,59). The summed E-state index contributed by atoms with van der Waals surface area (Å²) in [7, 11) is 0. The number of benzene rings is 8. The molecule has 0 spiro atoms. The van der Waals surface area contributed by atoms with Crippen LogP contribution in [0.5, 0.6) is 0 Å². The van der Waals surface area contributed by atoms with Crippen molar-refractivity contribution < 1.29 is 0 Å². The number of dihydropyridines is 1. The number of para-hydroxylation sites is 1. The maximum atomic E-state index is 5.21. The molecule has 284 valence electrons. The number of amidine groups is 2. The van der Waals surface area contributed by atoms with Gasteiger partial charge < -0.3 is 10.6 Å². The lowest BCUT2D eigenvalue weighted by molar-refractivity contribution is 0.673. The lowest BCUT2D eigenvalue weighted by Crippen LogP contribution is -2.35. The Morgan fingerprint density at radius 1 is 0.533 bits per heavy atom. The minimum atomic E-state index is -0.491. The molecule has 12 rings (SSSR count). The SMILES string of the molecule is C1=C(C2=NC(c3ccccc3)NC(c3ccc4ccccc4c3)=N2)CNC(n2c3ccccc3c3cc4c(cc32)C(c2ccccc2)(c2ccccc2)c2ccccc2-4)=C1. The molecule has 1 aromatic heterocycles. The Labute approximate surface area is 348 Å². The maximum Gasteiger partial charge on any atom is 0.157 e. The van der Waals surface area contributed by atoms with Gasteiger partial charge in [-0.1, -0.05) is 170 Å². The molecule has 0 saturated heterocycles. The Morgan fingerprint density at radius 2 is 1.22 bits per heavy atom. The molecular weight excluding hydrogens is 731 g/mol. The van der Waals surface area contributed by atoms with Crippen LogP contribution in [0.2, 0.25) is 0 Å². The van der Waals surface area contributed by atoms with Crippen LogP contribution in [-0.4, -0.2) is 22.8 Å². The molecule has 3 heterocycles. The highest BCUT2D eigenvalue weighted by atomic mass is 15.2. The Balaban J connectivity index is 1.03. The molecule has 1 unspecified atom stereocenters. The smallest absolute Gasteiger partial charge is 0.157 e. The molecule has 0 radical (unpaired) electrons. The molecule has 2 N–H and O–H groups in total. The van der Waals surface area contributed by atoms with E-state index in [1.165, 1.54) is 54.9 Å². The van der Waals surface area contributed by atoms with Crippen molar-refractivity contribution in [3.63, 3.8) is 0 Å². The Kier molecular flexibility index (Phi) is 7.82. The van der Waals surface area contributed by atoms with Gasteiger partial charge in [-0.25, -0.2) is 9.98 Å². The predicted molar refractivity (Wildman–Crippen MR) is 247 cm³/mol. The largest absolute Gasteiger partial charge is 0.367 e. The van der Waals surface area contributed by atoms with Gasteiger partial charge in [0.2, 0.25) is 0 Å². The van der Waals surface area contributed by atoms with Crippen molar-refractivity contribution in [2.45, 2.75) is 11.6 Å². The molecule has 0 fully saturated rings. The van der Waals surface area contributed by atoms with Gasteiger partial charge in [0.25, 0.3) is 0 Å². The molecule has 9 aromatic rings. The Morgan fingerprint density at radius 3 is 1.98 bits per heavy atom. The Hall–Kier alpha value is -7.76. The first-order valence-corrected chi connectivity index (χ1v) is 20.7. The number of hydrogen-bond donors (Lipinski definition) is 2. The molecule has 5 heteroatoms. The highest BCUT2D eigenvalue weighted by Crippen LogP contribution is 2.57. The fourth-order valence-corrected chi connectivity index (χ4v) is 9.84. The van der Waals surface area contributed by atoms with E-state index in [2.05, 4.69) is 215 Å². The molecular formula is C55H39N5. The van der Waals surface area contributed by atoms with Crippen LogP contribution < -0.4 is 10.6 Å². The van der Waals surface area contributed by atoms with Gasteiger partial charge in [0, 0.05) is 28.5 Å². The van der Waals surface area contributed by atoms with Gasteiger partial charge in [-0.2, -0.15) is 0 Å². The summed E-state index contributed by atoms with van der Waals surface area (Å²) in [5.74, 6) is 2.55. The molecule has 0 bridgehead atoms. The fraction of sp³-hybridized carbons (Fsp3) is 0.0545. The number of aromatic nitrogens is 1. The van der Waals surface area contributed by atoms with Gasteiger partial charge in [0.15, 0.2) is 5.84 Å². The van der Waals surface area contributed by atoms with Crippen LogP contribution in [0, 0.1) is 0 Å². The van der Waals surface area contributed by atoms with E-state index in [0.717, 1.165) is 45.2 Å². The second kappa shape index (κ2) is 13.7. The van der Waals surface area contributed by atoms with Crippen molar-refractivity contribution in [2.24, 2.45) is 9.98 Å². The second-order valence-electron chi connectivity index (χ2n) is 15.8. The van der Waals surface area contributed by atoms with E-state index < -0.39 is 5.41 Å². The Bertz CT molecular complexity index is 3240. The molecule has 8 aromatic carbocycles. The van der Waals surface area contributed by atoms with E-state index in [-0.39, 0.29) is 6.17 Å². The maximum absolute atomic E-state index is 5.21. The van der Waals surface area contributed by atoms with E-state index in [9.17, 15) is 0 Å².